The number of nitrogens with one attached hydrogen (secondary N) is 1. The first-order chi connectivity index (χ1) is 17.4. The number of rotatable bonds is 8. The highest BCUT2D eigenvalue weighted by molar-refractivity contribution is 6.04. The third-order valence-corrected chi connectivity index (χ3v) is 6.19. The predicted molar refractivity (Wildman–Crippen MR) is 134 cm³/mol. The van der Waals surface area contributed by atoms with Gasteiger partial charge in [-0.05, 0) is 29.7 Å². The molecule has 0 spiro atoms. The van der Waals surface area contributed by atoms with Crippen molar-refractivity contribution in [2.24, 2.45) is 5.10 Å². The molecule has 2 heterocycles. The van der Waals surface area contributed by atoms with Crippen molar-refractivity contribution in [2.45, 2.75) is 38.8 Å². The zero-order valence-electron chi connectivity index (χ0n) is 20.4. The maximum absolute atomic E-state index is 12.8. The summed E-state index contributed by atoms with van der Waals surface area (Å²) in [5.41, 5.74) is 0.311. The number of aromatic hydroxyl groups is 1. The van der Waals surface area contributed by atoms with Crippen molar-refractivity contribution in [2.75, 3.05) is 14.2 Å². The second-order valence-electron chi connectivity index (χ2n) is 8.32. The Morgan fingerprint density at radius 2 is 1.83 bits per heavy atom. The number of hydrogen-bond acceptors (Lipinski definition) is 7. The number of aryl methyl sites for hydroxylation is 1. The summed E-state index contributed by atoms with van der Waals surface area (Å²) in [7, 11) is 3.05. The standard InChI is InChI=1S/C26H28N4O6/c1-4-22(31)30-19(17-10-11-20(35-2)21(14-17)36-3)15-18(28-30)23-24(32)27-26(34)29(25(23)33)13-12-16-8-6-5-7-9-16/h5-11,14,19,33H,4,12-13,15H2,1-3H3,(H,27,32,34)/t19-/m0/s1. The zero-order valence-corrected chi connectivity index (χ0v) is 20.4. The van der Waals surface area contributed by atoms with Crippen LogP contribution in [0.2, 0.25) is 0 Å². The first kappa shape index (κ1) is 24.8. The number of amides is 1. The molecule has 0 unspecified atom stereocenters. The lowest BCUT2D eigenvalue weighted by molar-refractivity contribution is -0.132. The van der Waals surface area contributed by atoms with E-state index in [0.29, 0.717) is 17.9 Å². The van der Waals surface area contributed by atoms with Gasteiger partial charge in [-0.1, -0.05) is 43.3 Å². The van der Waals surface area contributed by atoms with Crippen molar-refractivity contribution in [1.82, 2.24) is 14.6 Å². The van der Waals surface area contributed by atoms with Gasteiger partial charge in [-0.25, -0.2) is 9.80 Å². The quantitative estimate of drug-likeness (QED) is 0.498. The second-order valence-corrected chi connectivity index (χ2v) is 8.32. The molecule has 1 aromatic heterocycles. The zero-order chi connectivity index (χ0) is 25.8. The Morgan fingerprint density at radius 1 is 1.11 bits per heavy atom. The molecule has 1 aliphatic rings. The van der Waals surface area contributed by atoms with Gasteiger partial charge in [0.2, 0.25) is 11.8 Å². The summed E-state index contributed by atoms with van der Waals surface area (Å²) < 4.78 is 11.8. The third kappa shape index (κ3) is 4.74. The van der Waals surface area contributed by atoms with Crippen molar-refractivity contribution >= 4 is 11.6 Å². The van der Waals surface area contributed by atoms with Gasteiger partial charge >= 0.3 is 5.69 Å². The van der Waals surface area contributed by atoms with Crippen LogP contribution in [0.4, 0.5) is 0 Å². The Labute approximate surface area is 207 Å². The van der Waals surface area contributed by atoms with Gasteiger partial charge in [0.05, 0.1) is 26.0 Å². The second kappa shape index (κ2) is 10.5. The van der Waals surface area contributed by atoms with Crippen LogP contribution in [0.5, 0.6) is 17.4 Å². The van der Waals surface area contributed by atoms with Gasteiger partial charge < -0.3 is 14.6 Å². The smallest absolute Gasteiger partial charge is 0.331 e. The third-order valence-electron chi connectivity index (χ3n) is 6.19. The van der Waals surface area contributed by atoms with E-state index in [0.717, 1.165) is 15.7 Å². The highest BCUT2D eigenvalue weighted by atomic mass is 16.5. The van der Waals surface area contributed by atoms with Gasteiger partial charge in [0.1, 0.15) is 5.56 Å². The van der Waals surface area contributed by atoms with E-state index < -0.39 is 23.2 Å². The molecule has 0 aliphatic carbocycles. The molecule has 0 radical (unpaired) electrons. The Balaban J connectivity index is 1.72. The number of hydrogen-bond donors (Lipinski definition) is 2. The minimum absolute atomic E-state index is 0.125. The molecule has 3 aromatic rings. The van der Waals surface area contributed by atoms with Gasteiger partial charge in [-0.3, -0.25) is 19.1 Å². The fourth-order valence-corrected chi connectivity index (χ4v) is 4.29. The number of nitrogens with zero attached hydrogens (tertiary/aromatic N) is 3. The number of carbonyl (C=O) groups excluding carboxylic acids is 1. The normalized spacial score (nSPS) is 15.0. The van der Waals surface area contributed by atoms with E-state index >= 15 is 0 Å². The molecule has 0 fully saturated rings. The molecule has 10 nitrogen and oxygen atoms in total. The topological polar surface area (TPSA) is 126 Å². The largest absolute Gasteiger partial charge is 0.494 e. The molecule has 188 valence electrons. The van der Waals surface area contributed by atoms with Crippen LogP contribution < -0.4 is 20.7 Å². The van der Waals surface area contributed by atoms with Gasteiger partial charge in [0.25, 0.3) is 5.56 Å². The molecule has 10 heteroatoms. The summed E-state index contributed by atoms with van der Waals surface area (Å²) in [6, 6.07) is 14.2. The first-order valence-corrected chi connectivity index (χ1v) is 11.6. The number of hydrazone groups is 1. The maximum Gasteiger partial charge on any atom is 0.331 e. The Hall–Kier alpha value is -4.34. The van der Waals surface area contributed by atoms with Crippen LogP contribution in [-0.2, 0) is 17.8 Å². The number of H-pyrrole nitrogens is 1. The van der Waals surface area contributed by atoms with Crippen molar-refractivity contribution in [3.8, 4) is 17.4 Å². The molecule has 1 atom stereocenters. The van der Waals surface area contributed by atoms with Crippen molar-refractivity contribution in [3.05, 3.63) is 86.1 Å². The summed E-state index contributed by atoms with van der Waals surface area (Å²) in [6.07, 6.45) is 0.829. The van der Waals surface area contributed by atoms with Crippen LogP contribution in [0, 0.1) is 0 Å². The number of benzene rings is 2. The van der Waals surface area contributed by atoms with Gasteiger partial charge in [-0.15, -0.1) is 0 Å². The molecule has 0 saturated heterocycles. The van der Waals surface area contributed by atoms with Crippen LogP contribution in [-0.4, -0.2) is 45.5 Å². The number of carbonyl (C=O) groups is 1. The van der Waals surface area contributed by atoms with E-state index in [9.17, 15) is 19.5 Å². The van der Waals surface area contributed by atoms with Gasteiger partial charge in [-0.2, -0.15) is 5.10 Å². The molecule has 0 saturated carbocycles. The van der Waals surface area contributed by atoms with Crippen LogP contribution >= 0.6 is 0 Å². The molecule has 1 aliphatic heterocycles. The molecule has 36 heavy (non-hydrogen) atoms. The fraction of sp³-hybridized carbons (Fsp3) is 0.308. The van der Waals surface area contributed by atoms with Crippen LogP contribution in [0.25, 0.3) is 0 Å². The highest BCUT2D eigenvalue weighted by Crippen LogP contribution is 2.38. The fourth-order valence-electron chi connectivity index (χ4n) is 4.29. The lowest BCUT2D eigenvalue weighted by Crippen LogP contribution is -2.34. The van der Waals surface area contributed by atoms with Gasteiger partial charge in [0, 0.05) is 19.4 Å². The number of ether oxygens (including phenoxy) is 2. The average Bonchev–Trinajstić information content (AvgIpc) is 3.32. The maximum atomic E-state index is 12.8. The lowest BCUT2D eigenvalue weighted by atomic mass is 9.98. The highest BCUT2D eigenvalue weighted by Gasteiger charge is 2.35. The monoisotopic (exact) mass is 492 g/mol. The summed E-state index contributed by atoms with van der Waals surface area (Å²) in [4.78, 5) is 40.3. The van der Waals surface area contributed by atoms with E-state index in [2.05, 4.69) is 10.1 Å². The van der Waals surface area contributed by atoms with Crippen molar-refractivity contribution in [1.29, 1.82) is 0 Å². The predicted octanol–water partition coefficient (Wildman–Crippen LogP) is 2.59. The molecule has 0 bridgehead atoms. The van der Waals surface area contributed by atoms with E-state index in [4.69, 9.17) is 9.47 Å². The minimum Gasteiger partial charge on any atom is -0.494 e. The summed E-state index contributed by atoms with van der Waals surface area (Å²) >= 11 is 0. The van der Waals surface area contributed by atoms with Crippen LogP contribution in [0.3, 0.4) is 0 Å². The van der Waals surface area contributed by atoms with E-state index in [-0.39, 0.29) is 36.6 Å². The minimum atomic E-state index is -0.760. The Bertz CT molecular complexity index is 1410. The summed E-state index contributed by atoms with van der Waals surface area (Å²) in [6.45, 7) is 1.87. The van der Waals surface area contributed by atoms with E-state index in [1.807, 2.05) is 30.3 Å². The summed E-state index contributed by atoms with van der Waals surface area (Å²) in [5, 5.41) is 16.7. The molecular weight excluding hydrogens is 464 g/mol. The average molecular weight is 493 g/mol. The molecule has 2 N–H and O–H groups in total. The lowest BCUT2D eigenvalue weighted by Gasteiger charge is -2.22. The number of methoxy groups -OCH3 is 2. The number of aromatic amines is 1. The summed E-state index contributed by atoms with van der Waals surface area (Å²) in [5.74, 6) is 0.296. The number of aromatic nitrogens is 2. The van der Waals surface area contributed by atoms with E-state index in [1.165, 1.54) is 19.2 Å². The Morgan fingerprint density at radius 3 is 2.50 bits per heavy atom. The molecular formula is C26H28N4O6. The van der Waals surface area contributed by atoms with Crippen molar-refractivity contribution in [3.63, 3.8) is 0 Å². The van der Waals surface area contributed by atoms with Crippen LogP contribution in [0.1, 0.15) is 42.5 Å². The van der Waals surface area contributed by atoms with Crippen molar-refractivity contribution < 1.29 is 19.4 Å². The van der Waals surface area contributed by atoms with Crippen LogP contribution in [0.15, 0.2) is 63.2 Å². The molecule has 1 amide bonds. The van der Waals surface area contributed by atoms with Gasteiger partial charge in [0.15, 0.2) is 11.5 Å². The SMILES string of the molecule is CCC(=O)N1N=C(c2c(O)n(CCc3ccccc3)c(=O)[nH]c2=O)C[C@H]1c1ccc(OC)c(OC)c1. The molecule has 4 rings (SSSR count). The molecule has 2 aromatic carbocycles. The first-order valence-electron chi connectivity index (χ1n) is 11.6. The Kier molecular flexibility index (Phi) is 7.23. The van der Waals surface area contributed by atoms with E-state index in [1.54, 1.807) is 25.1 Å².